The average molecular weight is 551 g/mol. The van der Waals surface area contributed by atoms with Crippen molar-refractivity contribution < 1.29 is 19.5 Å². The fraction of sp³-hybridized carbons (Fsp3) is 0.121. The highest BCUT2D eigenvalue weighted by Gasteiger charge is 2.34. The first-order chi connectivity index (χ1) is 19.1. The van der Waals surface area contributed by atoms with Crippen molar-refractivity contribution in [1.82, 2.24) is 10.6 Å². The molecule has 4 rings (SSSR count). The average Bonchev–Trinajstić information content (AvgIpc) is 2.96. The zero-order chi connectivity index (χ0) is 28.7. The van der Waals surface area contributed by atoms with Gasteiger partial charge in [-0.3, -0.25) is 9.59 Å². The van der Waals surface area contributed by atoms with Crippen LogP contribution >= 0.6 is 12.6 Å². The van der Waals surface area contributed by atoms with Gasteiger partial charge in [0.2, 0.25) is 0 Å². The number of aliphatic carboxylic acids is 1. The lowest BCUT2D eigenvalue weighted by Gasteiger charge is -2.27. The van der Waals surface area contributed by atoms with Crippen molar-refractivity contribution in [2.45, 2.75) is 24.6 Å². The number of benzene rings is 4. The van der Waals surface area contributed by atoms with Gasteiger partial charge in [0.15, 0.2) is 0 Å². The molecule has 7 heteroatoms. The zero-order valence-corrected chi connectivity index (χ0v) is 23.1. The van der Waals surface area contributed by atoms with Gasteiger partial charge in [0.05, 0.1) is 0 Å². The molecular weight excluding hydrogens is 520 g/mol. The first-order valence-corrected chi connectivity index (χ1v) is 13.2. The Morgan fingerprint density at radius 3 is 1.62 bits per heavy atom. The fourth-order valence-electron chi connectivity index (χ4n) is 4.12. The van der Waals surface area contributed by atoms with Gasteiger partial charge in [-0.2, -0.15) is 12.6 Å². The second kappa shape index (κ2) is 12.5. The molecule has 3 N–H and O–H groups in total. The lowest BCUT2D eigenvalue weighted by molar-refractivity contribution is -0.142. The lowest BCUT2D eigenvalue weighted by Crippen LogP contribution is -2.53. The molecule has 4 aromatic carbocycles. The summed E-state index contributed by atoms with van der Waals surface area (Å²) in [6.45, 7) is 3.18. The van der Waals surface area contributed by atoms with E-state index in [0.717, 1.165) is 22.3 Å². The summed E-state index contributed by atoms with van der Waals surface area (Å²) in [7, 11) is 0. The van der Waals surface area contributed by atoms with E-state index in [1.807, 2.05) is 97.1 Å². The van der Waals surface area contributed by atoms with Crippen molar-refractivity contribution in [3.8, 4) is 22.3 Å². The molecule has 1 unspecified atom stereocenters. The van der Waals surface area contributed by atoms with Gasteiger partial charge in [0, 0.05) is 10.3 Å². The van der Waals surface area contributed by atoms with E-state index in [-0.39, 0.29) is 5.70 Å². The van der Waals surface area contributed by atoms with Gasteiger partial charge in [0.1, 0.15) is 11.7 Å². The van der Waals surface area contributed by atoms with E-state index in [0.29, 0.717) is 11.1 Å². The van der Waals surface area contributed by atoms with Crippen LogP contribution in [0.1, 0.15) is 29.8 Å². The van der Waals surface area contributed by atoms with Gasteiger partial charge >= 0.3 is 5.97 Å². The summed E-state index contributed by atoms with van der Waals surface area (Å²) in [6.07, 6.45) is 1.52. The molecule has 0 aromatic heterocycles. The van der Waals surface area contributed by atoms with Crippen LogP contribution in [0, 0.1) is 0 Å². The lowest BCUT2D eigenvalue weighted by atomic mass is 10.0. The molecule has 202 valence electrons. The number of hydrogen-bond acceptors (Lipinski definition) is 4. The highest BCUT2D eigenvalue weighted by atomic mass is 32.1. The van der Waals surface area contributed by atoms with Crippen LogP contribution in [0.2, 0.25) is 0 Å². The normalized spacial score (nSPS) is 12.3. The second-order valence-corrected chi connectivity index (χ2v) is 11.0. The Morgan fingerprint density at radius 1 is 0.725 bits per heavy atom. The minimum Gasteiger partial charge on any atom is -0.480 e. The molecule has 6 nitrogen and oxygen atoms in total. The Bertz CT molecular complexity index is 1510. The molecule has 0 radical (unpaired) electrons. The molecular formula is C33H30N2O4S. The number of nitrogens with one attached hydrogen (secondary N) is 2. The monoisotopic (exact) mass is 550 g/mol. The molecule has 0 bridgehead atoms. The molecule has 2 amide bonds. The summed E-state index contributed by atoms with van der Waals surface area (Å²) < 4.78 is -1.05. The third kappa shape index (κ3) is 7.27. The second-order valence-electron chi connectivity index (χ2n) is 9.84. The molecule has 0 aliphatic heterocycles. The number of rotatable bonds is 9. The zero-order valence-electron chi connectivity index (χ0n) is 22.2. The standard InChI is InChI=1S/C33H30N2O4S/c1-33(2,40)29(32(38)39)35-31(37)28(21-22-13-15-25(16-14-22)23-9-5-3-6-10-23)34-30(36)27-19-17-26(18-20-27)24-11-7-4-8-12-24/h3-21,29,40H,1-2H3,(H,34,36)(H,35,37)(H,38,39)/b28-21+. The molecule has 0 saturated carbocycles. The maximum atomic E-state index is 13.3. The van der Waals surface area contributed by atoms with E-state index in [1.165, 1.54) is 6.08 Å². The molecule has 0 heterocycles. The number of carbonyl (C=O) groups is 3. The summed E-state index contributed by atoms with van der Waals surface area (Å²) in [6, 6.07) is 32.8. The molecule has 0 saturated heterocycles. The summed E-state index contributed by atoms with van der Waals surface area (Å²) >= 11 is 4.34. The smallest absolute Gasteiger partial charge is 0.327 e. The van der Waals surface area contributed by atoms with E-state index in [2.05, 4.69) is 23.3 Å². The molecule has 40 heavy (non-hydrogen) atoms. The highest BCUT2D eigenvalue weighted by molar-refractivity contribution is 7.81. The number of amides is 2. The first-order valence-electron chi connectivity index (χ1n) is 12.7. The van der Waals surface area contributed by atoms with Gasteiger partial charge in [-0.15, -0.1) is 0 Å². The maximum absolute atomic E-state index is 13.3. The van der Waals surface area contributed by atoms with Gasteiger partial charge in [-0.25, -0.2) is 4.79 Å². The maximum Gasteiger partial charge on any atom is 0.327 e. The van der Waals surface area contributed by atoms with Gasteiger partial charge in [-0.1, -0.05) is 97.1 Å². The Morgan fingerprint density at radius 2 is 1.18 bits per heavy atom. The van der Waals surface area contributed by atoms with Crippen LogP contribution < -0.4 is 10.6 Å². The third-order valence-electron chi connectivity index (χ3n) is 6.30. The number of hydrogen-bond donors (Lipinski definition) is 4. The van der Waals surface area contributed by atoms with Crippen LogP contribution in [0.5, 0.6) is 0 Å². The number of carbonyl (C=O) groups excluding carboxylic acids is 2. The number of carboxylic acids is 1. The van der Waals surface area contributed by atoms with E-state index >= 15 is 0 Å². The molecule has 1 atom stereocenters. The fourth-order valence-corrected chi connectivity index (χ4v) is 4.29. The summed E-state index contributed by atoms with van der Waals surface area (Å²) in [5.74, 6) is -2.47. The van der Waals surface area contributed by atoms with Gasteiger partial charge < -0.3 is 15.7 Å². The SMILES string of the molecule is CC(C)(S)C(NC(=O)/C(=C\c1ccc(-c2ccccc2)cc1)NC(=O)c1ccc(-c2ccccc2)cc1)C(=O)O. The van der Waals surface area contributed by atoms with Crippen molar-refractivity contribution in [1.29, 1.82) is 0 Å². The molecule has 0 aliphatic rings. The molecule has 0 aliphatic carbocycles. The van der Waals surface area contributed by atoms with Crippen molar-refractivity contribution in [2.24, 2.45) is 0 Å². The van der Waals surface area contributed by atoms with Crippen molar-refractivity contribution in [3.63, 3.8) is 0 Å². The summed E-state index contributed by atoms with van der Waals surface area (Å²) in [5.41, 5.74) is 4.92. The van der Waals surface area contributed by atoms with Crippen LogP contribution in [0.3, 0.4) is 0 Å². The Labute approximate surface area is 239 Å². The molecule has 0 spiro atoms. The number of carboxylic acid groups (broad SMARTS) is 1. The predicted molar refractivity (Wildman–Crippen MR) is 162 cm³/mol. The van der Waals surface area contributed by atoms with E-state index < -0.39 is 28.6 Å². The highest BCUT2D eigenvalue weighted by Crippen LogP contribution is 2.22. The molecule has 0 fully saturated rings. The predicted octanol–water partition coefficient (Wildman–Crippen LogP) is 6.07. The summed E-state index contributed by atoms with van der Waals surface area (Å²) in [4.78, 5) is 38.4. The first kappa shape index (κ1) is 28.4. The Kier molecular flexibility index (Phi) is 8.86. The minimum atomic E-state index is -1.30. The quantitative estimate of drug-likeness (QED) is 0.150. The van der Waals surface area contributed by atoms with Crippen LogP contribution in [0.15, 0.2) is 115 Å². The Balaban J connectivity index is 1.61. The minimum absolute atomic E-state index is 0.0894. The van der Waals surface area contributed by atoms with Crippen molar-refractivity contribution >= 4 is 36.5 Å². The van der Waals surface area contributed by atoms with Crippen molar-refractivity contribution in [3.05, 3.63) is 126 Å². The van der Waals surface area contributed by atoms with Crippen molar-refractivity contribution in [2.75, 3.05) is 0 Å². The van der Waals surface area contributed by atoms with Gasteiger partial charge in [-0.05, 0) is 59.9 Å². The largest absolute Gasteiger partial charge is 0.480 e. The van der Waals surface area contributed by atoms with Gasteiger partial charge in [0.25, 0.3) is 11.8 Å². The van der Waals surface area contributed by atoms with Crippen LogP contribution in [-0.4, -0.2) is 33.7 Å². The van der Waals surface area contributed by atoms with Crippen LogP contribution in [-0.2, 0) is 9.59 Å². The van der Waals surface area contributed by atoms with Crippen LogP contribution in [0.4, 0.5) is 0 Å². The van der Waals surface area contributed by atoms with E-state index in [9.17, 15) is 19.5 Å². The topological polar surface area (TPSA) is 95.5 Å². The Hall–Kier alpha value is -4.62. The third-order valence-corrected chi connectivity index (χ3v) is 6.56. The molecule has 4 aromatic rings. The van der Waals surface area contributed by atoms with Crippen LogP contribution in [0.25, 0.3) is 28.3 Å². The van der Waals surface area contributed by atoms with E-state index in [1.54, 1.807) is 26.0 Å². The van der Waals surface area contributed by atoms with E-state index in [4.69, 9.17) is 0 Å². The number of thiol groups is 1. The summed E-state index contributed by atoms with van der Waals surface area (Å²) in [5, 5.41) is 14.9.